The van der Waals surface area contributed by atoms with E-state index in [-0.39, 0.29) is 0 Å². The van der Waals surface area contributed by atoms with Crippen LogP contribution in [0.4, 0.5) is 5.13 Å². The van der Waals surface area contributed by atoms with Crippen LogP contribution in [0.5, 0.6) is 0 Å². The lowest BCUT2D eigenvalue weighted by atomic mass is 9.57. The Kier molecular flexibility index (Phi) is 3.11. The molecule has 0 fully saturated rings. The average molecular weight is 208 g/mol. The summed E-state index contributed by atoms with van der Waals surface area (Å²) in [4.78, 5) is 5.82. The third kappa shape index (κ3) is 2.11. The molecule has 76 valence electrons. The van der Waals surface area contributed by atoms with Crippen LogP contribution in [0.3, 0.4) is 0 Å². The molecule has 4 heteroatoms. The van der Waals surface area contributed by atoms with Gasteiger partial charge in [0.25, 0.3) is 0 Å². The number of aryl methyl sites for hydroxylation is 1. The Labute approximate surface area is 90.2 Å². The van der Waals surface area contributed by atoms with E-state index in [1.54, 1.807) is 11.3 Å². The van der Waals surface area contributed by atoms with Crippen LogP contribution in [0.25, 0.3) is 0 Å². The summed E-state index contributed by atoms with van der Waals surface area (Å²) >= 11 is 1.69. The van der Waals surface area contributed by atoms with E-state index < -0.39 is 0 Å². The molecule has 14 heavy (non-hydrogen) atoms. The minimum Gasteiger partial charge on any atom is -0.375 e. The first-order chi connectivity index (χ1) is 6.79. The van der Waals surface area contributed by atoms with Crippen LogP contribution in [-0.2, 0) is 12.8 Å². The Balaban J connectivity index is 1.98. The number of rotatable bonds is 3. The number of nitrogens with two attached hydrogens (primary N) is 1. The minimum atomic E-state index is 0.756. The standard InChI is InChI=1S/C10H17BN2S/c1-2-5-11-7-3-4-8-9(6-7)14-10(12)13-8/h7,11H,2-6H2,1H3,(H2,12,13). The summed E-state index contributed by atoms with van der Waals surface area (Å²) in [7, 11) is 1.38. The van der Waals surface area contributed by atoms with Crippen molar-refractivity contribution in [1.82, 2.24) is 4.98 Å². The van der Waals surface area contributed by atoms with Crippen molar-refractivity contribution in [2.24, 2.45) is 0 Å². The SMILES string of the molecule is CCCBC1CCc2nc(N)sc2C1. The molecule has 0 bridgehead atoms. The van der Waals surface area contributed by atoms with Crippen LogP contribution >= 0.6 is 11.3 Å². The van der Waals surface area contributed by atoms with Crippen LogP contribution < -0.4 is 5.73 Å². The predicted molar refractivity (Wildman–Crippen MR) is 64.5 cm³/mol. The Morgan fingerprint density at radius 2 is 2.50 bits per heavy atom. The van der Waals surface area contributed by atoms with E-state index in [4.69, 9.17) is 5.73 Å². The van der Waals surface area contributed by atoms with E-state index in [0.717, 1.165) is 17.4 Å². The fourth-order valence-corrected chi connectivity index (χ4v) is 3.20. The molecule has 0 saturated heterocycles. The molecule has 1 heterocycles. The first-order valence-corrected chi connectivity index (χ1v) is 6.35. The maximum atomic E-state index is 5.71. The van der Waals surface area contributed by atoms with Crippen molar-refractivity contribution in [3.8, 4) is 0 Å². The number of aromatic nitrogens is 1. The van der Waals surface area contributed by atoms with Gasteiger partial charge in [0.2, 0.25) is 0 Å². The molecule has 2 N–H and O–H groups in total. The quantitative estimate of drug-likeness (QED) is 0.774. The molecular formula is C10H17BN2S. The Morgan fingerprint density at radius 1 is 1.64 bits per heavy atom. The second kappa shape index (κ2) is 4.34. The smallest absolute Gasteiger partial charge is 0.180 e. The van der Waals surface area contributed by atoms with Gasteiger partial charge in [-0.15, -0.1) is 11.3 Å². The molecule has 1 aliphatic rings. The maximum absolute atomic E-state index is 5.71. The molecule has 0 spiro atoms. The molecule has 0 amide bonds. The number of fused-ring (bicyclic) bond motifs is 1. The fourth-order valence-electron chi connectivity index (χ4n) is 2.20. The molecule has 1 aliphatic carbocycles. The molecule has 2 rings (SSSR count). The van der Waals surface area contributed by atoms with E-state index in [0.29, 0.717) is 0 Å². The van der Waals surface area contributed by atoms with Gasteiger partial charge in [-0.05, 0) is 12.8 Å². The highest BCUT2D eigenvalue weighted by Gasteiger charge is 2.21. The lowest BCUT2D eigenvalue weighted by Crippen LogP contribution is -2.13. The molecule has 1 unspecified atom stereocenters. The Bertz CT molecular complexity index is 311. The zero-order valence-electron chi connectivity index (χ0n) is 8.75. The summed E-state index contributed by atoms with van der Waals surface area (Å²) < 4.78 is 0. The summed E-state index contributed by atoms with van der Waals surface area (Å²) in [5.41, 5.74) is 6.99. The van der Waals surface area contributed by atoms with E-state index in [1.807, 2.05) is 0 Å². The van der Waals surface area contributed by atoms with Gasteiger partial charge in [0.1, 0.15) is 7.28 Å². The predicted octanol–water partition coefficient (Wildman–Crippen LogP) is 2.27. The molecule has 0 radical (unpaired) electrons. The number of hydrogen-bond acceptors (Lipinski definition) is 3. The summed E-state index contributed by atoms with van der Waals surface area (Å²) in [6.45, 7) is 2.26. The second-order valence-electron chi connectivity index (χ2n) is 4.17. The van der Waals surface area contributed by atoms with Crippen LogP contribution in [0.15, 0.2) is 0 Å². The molecule has 1 aromatic heterocycles. The summed E-state index contributed by atoms with van der Waals surface area (Å²) in [6, 6.07) is 0. The van der Waals surface area contributed by atoms with Gasteiger partial charge in [0.05, 0.1) is 5.69 Å². The first kappa shape index (κ1) is 10.0. The van der Waals surface area contributed by atoms with Gasteiger partial charge in [0.15, 0.2) is 5.13 Å². The van der Waals surface area contributed by atoms with Crippen molar-refractivity contribution in [1.29, 1.82) is 0 Å². The highest BCUT2D eigenvalue weighted by Crippen LogP contribution is 2.33. The van der Waals surface area contributed by atoms with Gasteiger partial charge in [-0.1, -0.05) is 31.9 Å². The monoisotopic (exact) mass is 208 g/mol. The number of hydrogen-bond donors (Lipinski definition) is 1. The Morgan fingerprint density at radius 3 is 3.29 bits per heavy atom. The highest BCUT2D eigenvalue weighted by atomic mass is 32.1. The van der Waals surface area contributed by atoms with E-state index in [2.05, 4.69) is 11.9 Å². The lowest BCUT2D eigenvalue weighted by Gasteiger charge is -2.19. The van der Waals surface area contributed by atoms with Crippen LogP contribution in [0.2, 0.25) is 12.1 Å². The number of thiazole rings is 1. The normalized spacial score (nSPS) is 20.5. The first-order valence-electron chi connectivity index (χ1n) is 5.53. The number of nitrogen functional groups attached to an aromatic ring is 1. The number of nitrogens with zero attached hydrogens (tertiary/aromatic N) is 1. The minimum absolute atomic E-state index is 0.756. The molecular weight excluding hydrogens is 191 g/mol. The van der Waals surface area contributed by atoms with Crippen molar-refractivity contribution < 1.29 is 0 Å². The zero-order chi connectivity index (χ0) is 9.97. The van der Waals surface area contributed by atoms with Gasteiger partial charge >= 0.3 is 0 Å². The second-order valence-corrected chi connectivity index (χ2v) is 5.29. The van der Waals surface area contributed by atoms with Crippen molar-refractivity contribution in [3.05, 3.63) is 10.6 Å². The van der Waals surface area contributed by atoms with Crippen molar-refractivity contribution in [2.45, 2.75) is 44.7 Å². The molecule has 0 saturated carbocycles. The van der Waals surface area contributed by atoms with E-state index in [9.17, 15) is 0 Å². The van der Waals surface area contributed by atoms with Crippen LogP contribution in [-0.4, -0.2) is 12.3 Å². The molecule has 1 aromatic rings. The van der Waals surface area contributed by atoms with E-state index in [1.165, 1.54) is 43.4 Å². The van der Waals surface area contributed by atoms with Gasteiger partial charge in [-0.25, -0.2) is 4.98 Å². The third-order valence-electron chi connectivity index (χ3n) is 3.02. The summed E-state index contributed by atoms with van der Waals surface area (Å²) in [5.74, 6) is 0.891. The molecule has 2 nitrogen and oxygen atoms in total. The lowest BCUT2D eigenvalue weighted by molar-refractivity contribution is 0.672. The number of anilines is 1. The van der Waals surface area contributed by atoms with Gasteiger partial charge in [-0.3, -0.25) is 0 Å². The van der Waals surface area contributed by atoms with Crippen LogP contribution in [0, 0.1) is 0 Å². The van der Waals surface area contributed by atoms with Crippen molar-refractivity contribution in [2.75, 3.05) is 5.73 Å². The molecule has 0 aliphatic heterocycles. The molecule has 1 atom stereocenters. The summed E-state index contributed by atoms with van der Waals surface area (Å²) in [6.07, 6.45) is 6.38. The topological polar surface area (TPSA) is 38.9 Å². The average Bonchev–Trinajstić information content (AvgIpc) is 2.54. The van der Waals surface area contributed by atoms with Gasteiger partial charge in [-0.2, -0.15) is 0 Å². The van der Waals surface area contributed by atoms with Crippen molar-refractivity contribution >= 4 is 23.7 Å². The third-order valence-corrected chi connectivity index (χ3v) is 3.97. The zero-order valence-corrected chi connectivity index (χ0v) is 9.57. The highest BCUT2D eigenvalue weighted by molar-refractivity contribution is 7.15. The van der Waals surface area contributed by atoms with Gasteiger partial charge in [0, 0.05) is 4.88 Å². The maximum Gasteiger partial charge on any atom is 0.180 e. The van der Waals surface area contributed by atoms with Crippen LogP contribution in [0.1, 0.15) is 30.3 Å². The van der Waals surface area contributed by atoms with E-state index >= 15 is 0 Å². The Hall–Kier alpha value is -0.505. The largest absolute Gasteiger partial charge is 0.375 e. The van der Waals surface area contributed by atoms with Gasteiger partial charge < -0.3 is 5.73 Å². The van der Waals surface area contributed by atoms with Crippen molar-refractivity contribution in [3.63, 3.8) is 0 Å². The molecule has 0 aromatic carbocycles. The summed E-state index contributed by atoms with van der Waals surface area (Å²) in [5, 5.41) is 0.756. The fraction of sp³-hybridized carbons (Fsp3) is 0.700.